The zero-order chi connectivity index (χ0) is 16.5. The van der Waals surface area contributed by atoms with E-state index < -0.39 is 0 Å². The maximum Gasteiger partial charge on any atom is 0.251 e. The fourth-order valence-electron chi connectivity index (χ4n) is 2.19. The number of carbonyl (C=O) groups excluding carboxylic acids is 1. The Labute approximate surface area is 135 Å². The van der Waals surface area contributed by atoms with Crippen molar-refractivity contribution in [3.63, 3.8) is 0 Å². The quantitative estimate of drug-likeness (QED) is 0.699. The number of methoxy groups -OCH3 is 2. The molecule has 0 atom stereocenters. The van der Waals surface area contributed by atoms with Crippen LogP contribution in [0.4, 0.5) is 0 Å². The predicted molar refractivity (Wildman–Crippen MR) is 86.6 cm³/mol. The minimum Gasteiger partial charge on any atom is -0.497 e. The lowest BCUT2D eigenvalue weighted by atomic mass is 10.2. The van der Waals surface area contributed by atoms with E-state index >= 15 is 0 Å². The van der Waals surface area contributed by atoms with Crippen molar-refractivity contribution in [1.82, 2.24) is 10.3 Å². The van der Waals surface area contributed by atoms with Gasteiger partial charge in [0.05, 0.1) is 32.9 Å². The summed E-state index contributed by atoms with van der Waals surface area (Å²) in [4.78, 5) is 15.8. The van der Waals surface area contributed by atoms with Gasteiger partial charge in [0.15, 0.2) is 0 Å². The fourth-order valence-corrected chi connectivity index (χ4v) is 2.19. The van der Waals surface area contributed by atoms with Crippen LogP contribution in [0.1, 0.15) is 15.9 Å². The van der Waals surface area contributed by atoms with Crippen molar-refractivity contribution in [1.29, 1.82) is 0 Å². The number of carbonyl (C=O) groups is 1. The van der Waals surface area contributed by atoms with Gasteiger partial charge in [-0.3, -0.25) is 9.78 Å². The molecule has 0 aliphatic heterocycles. The lowest BCUT2D eigenvalue weighted by Crippen LogP contribution is -2.84. The van der Waals surface area contributed by atoms with Crippen LogP contribution >= 0.6 is 0 Å². The summed E-state index contributed by atoms with van der Waals surface area (Å²) in [5.41, 5.74) is 1.68. The highest BCUT2D eigenvalue weighted by Crippen LogP contribution is 2.22. The molecule has 1 aromatic carbocycles. The van der Waals surface area contributed by atoms with Crippen molar-refractivity contribution >= 4 is 5.91 Å². The van der Waals surface area contributed by atoms with E-state index in [9.17, 15) is 4.79 Å². The summed E-state index contributed by atoms with van der Waals surface area (Å²) in [7, 11) is 3.30. The van der Waals surface area contributed by atoms with Gasteiger partial charge in [0.25, 0.3) is 5.91 Å². The molecule has 122 valence electrons. The molecule has 2 rings (SSSR count). The molecule has 0 bridgehead atoms. The first-order valence-corrected chi connectivity index (χ1v) is 7.45. The minimum atomic E-state index is -0.0836. The van der Waals surface area contributed by atoms with Crippen LogP contribution in [0, 0.1) is 0 Å². The average molecular weight is 316 g/mol. The van der Waals surface area contributed by atoms with Gasteiger partial charge in [0.2, 0.25) is 0 Å². The smallest absolute Gasteiger partial charge is 0.251 e. The molecule has 2 aromatic rings. The van der Waals surface area contributed by atoms with Crippen LogP contribution in [-0.2, 0) is 6.54 Å². The number of ether oxygens (including phenoxy) is 2. The second-order valence-electron chi connectivity index (χ2n) is 4.95. The normalized spacial score (nSPS) is 10.2. The number of quaternary nitrogens is 1. The summed E-state index contributed by atoms with van der Waals surface area (Å²) in [6, 6.07) is 9.12. The van der Waals surface area contributed by atoms with Gasteiger partial charge in [0, 0.05) is 18.0 Å². The van der Waals surface area contributed by atoms with Gasteiger partial charge >= 0.3 is 0 Å². The highest BCUT2D eigenvalue weighted by molar-refractivity contribution is 5.93. The molecule has 6 heteroatoms. The van der Waals surface area contributed by atoms with Crippen LogP contribution in [-0.4, -0.2) is 38.2 Å². The van der Waals surface area contributed by atoms with Gasteiger partial charge in [0.1, 0.15) is 18.0 Å². The second kappa shape index (κ2) is 8.75. The molecule has 23 heavy (non-hydrogen) atoms. The first kappa shape index (κ1) is 16.8. The van der Waals surface area contributed by atoms with E-state index in [0.717, 1.165) is 30.2 Å². The first-order valence-electron chi connectivity index (χ1n) is 7.45. The van der Waals surface area contributed by atoms with Crippen LogP contribution in [0.2, 0.25) is 0 Å². The number of aromatic nitrogens is 1. The molecule has 0 fully saturated rings. The second-order valence-corrected chi connectivity index (χ2v) is 4.95. The van der Waals surface area contributed by atoms with Crippen molar-refractivity contribution < 1.29 is 19.6 Å². The standard InChI is InChI=1S/C17H21N3O3/c1-22-15-3-4-16(23-2)14(11-15)12-19-9-10-20-17(21)13-5-7-18-8-6-13/h3-8,11,19H,9-10,12H2,1-2H3,(H,20,21)/p+1. The van der Waals surface area contributed by atoms with E-state index in [1.165, 1.54) is 0 Å². The third-order valence-corrected chi connectivity index (χ3v) is 3.43. The minimum absolute atomic E-state index is 0.0836. The molecule has 0 radical (unpaired) electrons. The van der Waals surface area contributed by atoms with Gasteiger partial charge in [-0.25, -0.2) is 0 Å². The molecule has 0 saturated carbocycles. The SMILES string of the molecule is COc1ccc(OC)c(C[NH2+]CCNC(=O)c2ccncc2)c1. The first-order chi connectivity index (χ1) is 11.2. The van der Waals surface area contributed by atoms with Gasteiger partial charge < -0.3 is 20.1 Å². The molecule has 6 nitrogen and oxygen atoms in total. The van der Waals surface area contributed by atoms with Crippen molar-refractivity contribution in [3.8, 4) is 11.5 Å². The number of benzene rings is 1. The number of nitrogens with two attached hydrogens (primary N) is 1. The molecule has 0 aliphatic carbocycles. The van der Waals surface area contributed by atoms with Crippen LogP contribution < -0.4 is 20.1 Å². The average Bonchev–Trinajstić information content (AvgIpc) is 2.61. The zero-order valence-corrected chi connectivity index (χ0v) is 13.4. The molecule has 1 amide bonds. The summed E-state index contributed by atoms with van der Waals surface area (Å²) in [5, 5.41) is 5.00. The molecule has 0 aliphatic rings. The summed E-state index contributed by atoms with van der Waals surface area (Å²) >= 11 is 0. The van der Waals surface area contributed by atoms with E-state index in [4.69, 9.17) is 9.47 Å². The van der Waals surface area contributed by atoms with Gasteiger partial charge in [-0.15, -0.1) is 0 Å². The highest BCUT2D eigenvalue weighted by atomic mass is 16.5. The molecule has 3 N–H and O–H groups in total. The van der Waals surface area contributed by atoms with Gasteiger partial charge in [-0.2, -0.15) is 0 Å². The van der Waals surface area contributed by atoms with Crippen molar-refractivity contribution in [3.05, 3.63) is 53.9 Å². The summed E-state index contributed by atoms with van der Waals surface area (Å²) in [6.07, 6.45) is 3.21. The van der Waals surface area contributed by atoms with E-state index in [1.54, 1.807) is 38.7 Å². The van der Waals surface area contributed by atoms with Crippen LogP contribution in [0.5, 0.6) is 11.5 Å². The fraction of sp³-hybridized carbons (Fsp3) is 0.294. The number of rotatable bonds is 8. The molecule has 1 heterocycles. The van der Waals surface area contributed by atoms with E-state index in [-0.39, 0.29) is 5.91 Å². The maximum atomic E-state index is 11.9. The Morgan fingerprint density at radius 2 is 1.96 bits per heavy atom. The zero-order valence-electron chi connectivity index (χ0n) is 13.4. The number of pyridine rings is 1. The van der Waals surface area contributed by atoms with E-state index in [1.807, 2.05) is 18.2 Å². The van der Waals surface area contributed by atoms with Gasteiger partial charge in [-0.1, -0.05) is 0 Å². The Hall–Kier alpha value is -2.60. The van der Waals surface area contributed by atoms with Crippen LogP contribution in [0.25, 0.3) is 0 Å². The number of nitrogens with one attached hydrogen (secondary N) is 1. The Balaban J connectivity index is 1.76. The number of nitrogens with zero attached hydrogens (tertiary/aromatic N) is 1. The summed E-state index contributed by atoms with van der Waals surface area (Å²) < 4.78 is 10.6. The molecule has 1 aromatic heterocycles. The van der Waals surface area contributed by atoms with Crippen LogP contribution in [0.3, 0.4) is 0 Å². The molecule has 0 spiro atoms. The third-order valence-electron chi connectivity index (χ3n) is 3.43. The van der Waals surface area contributed by atoms with Crippen molar-refractivity contribution in [2.24, 2.45) is 0 Å². The topological polar surface area (TPSA) is 77.1 Å². The lowest BCUT2D eigenvalue weighted by Gasteiger charge is -2.10. The monoisotopic (exact) mass is 316 g/mol. The van der Waals surface area contributed by atoms with Gasteiger partial charge in [-0.05, 0) is 30.3 Å². The third kappa shape index (κ3) is 4.96. The molecular formula is C17H22N3O3+. The summed E-state index contributed by atoms with van der Waals surface area (Å²) in [6.45, 7) is 2.12. The molecule has 0 unspecified atom stereocenters. The number of hydrogen-bond acceptors (Lipinski definition) is 4. The summed E-state index contributed by atoms with van der Waals surface area (Å²) in [5.74, 6) is 1.56. The van der Waals surface area contributed by atoms with E-state index in [2.05, 4.69) is 15.6 Å². The Kier molecular flexibility index (Phi) is 6.38. The lowest BCUT2D eigenvalue weighted by molar-refractivity contribution is -0.668. The number of amides is 1. The Bertz CT molecular complexity index is 632. The Morgan fingerprint density at radius 3 is 2.65 bits per heavy atom. The maximum absolute atomic E-state index is 11.9. The van der Waals surface area contributed by atoms with Crippen LogP contribution in [0.15, 0.2) is 42.7 Å². The molecular weight excluding hydrogens is 294 g/mol. The Morgan fingerprint density at radius 1 is 1.17 bits per heavy atom. The van der Waals surface area contributed by atoms with E-state index in [0.29, 0.717) is 12.1 Å². The highest BCUT2D eigenvalue weighted by Gasteiger charge is 2.07. The molecule has 0 saturated heterocycles. The predicted octanol–water partition coefficient (Wildman–Crippen LogP) is 0.592. The van der Waals surface area contributed by atoms with Crippen molar-refractivity contribution in [2.45, 2.75) is 6.54 Å². The number of hydrogen-bond donors (Lipinski definition) is 2. The van der Waals surface area contributed by atoms with Crippen molar-refractivity contribution in [2.75, 3.05) is 27.3 Å². The largest absolute Gasteiger partial charge is 0.497 e.